The van der Waals surface area contributed by atoms with Crippen molar-refractivity contribution in [1.82, 2.24) is 4.90 Å². The van der Waals surface area contributed by atoms with E-state index in [-0.39, 0.29) is 12.3 Å². The summed E-state index contributed by atoms with van der Waals surface area (Å²) in [5, 5.41) is 10.5. The molecule has 1 aromatic heterocycles. The molecule has 0 bridgehead atoms. The SMILES string of the molecule is Cc1c(C=C2SC(=S)N(CCCC(=O)O)C2=O)sc2ccc(Cl)cc12. The number of aliphatic carboxylic acids is 1. The van der Waals surface area contributed by atoms with Crippen molar-refractivity contribution in [1.29, 1.82) is 0 Å². The van der Waals surface area contributed by atoms with Gasteiger partial charge in [0, 0.05) is 27.6 Å². The van der Waals surface area contributed by atoms with E-state index in [0.717, 1.165) is 20.5 Å². The number of nitrogens with zero attached hydrogens (tertiary/aromatic N) is 1. The standard InChI is InChI=1S/C17H14ClNO3S3/c1-9-11-7-10(18)4-5-12(11)24-13(9)8-14-16(22)19(17(23)25-14)6-2-3-15(20)21/h4-5,7-8H,2-3,6H2,1H3,(H,20,21). The van der Waals surface area contributed by atoms with Gasteiger partial charge in [0.05, 0.1) is 4.91 Å². The van der Waals surface area contributed by atoms with Crippen molar-refractivity contribution >= 4 is 79.3 Å². The highest BCUT2D eigenvalue weighted by molar-refractivity contribution is 8.26. The van der Waals surface area contributed by atoms with Gasteiger partial charge in [-0.25, -0.2) is 0 Å². The number of hydrogen-bond donors (Lipinski definition) is 1. The van der Waals surface area contributed by atoms with Gasteiger partial charge in [-0.05, 0) is 48.6 Å². The molecule has 2 heterocycles. The van der Waals surface area contributed by atoms with Gasteiger partial charge in [-0.2, -0.15) is 0 Å². The molecule has 0 saturated carbocycles. The number of carbonyl (C=O) groups is 2. The molecule has 4 nitrogen and oxygen atoms in total. The zero-order valence-electron chi connectivity index (χ0n) is 13.2. The number of thioether (sulfide) groups is 1. The second kappa shape index (κ2) is 7.45. The van der Waals surface area contributed by atoms with Gasteiger partial charge in [-0.15, -0.1) is 11.3 Å². The third kappa shape index (κ3) is 3.89. The Bertz CT molecular complexity index is 919. The number of thiophene rings is 1. The topological polar surface area (TPSA) is 57.6 Å². The van der Waals surface area contributed by atoms with E-state index in [2.05, 4.69) is 0 Å². The van der Waals surface area contributed by atoms with Crippen LogP contribution in [0.15, 0.2) is 23.1 Å². The van der Waals surface area contributed by atoms with Gasteiger partial charge in [-0.1, -0.05) is 35.6 Å². The number of carbonyl (C=O) groups excluding carboxylic acids is 1. The first-order valence-electron chi connectivity index (χ1n) is 7.52. The average Bonchev–Trinajstić information content (AvgIpc) is 2.99. The van der Waals surface area contributed by atoms with Crippen molar-refractivity contribution in [3.05, 3.63) is 38.6 Å². The first-order chi connectivity index (χ1) is 11.9. The molecule has 8 heteroatoms. The average molecular weight is 412 g/mol. The maximum absolute atomic E-state index is 12.6. The van der Waals surface area contributed by atoms with E-state index in [4.69, 9.17) is 28.9 Å². The summed E-state index contributed by atoms with van der Waals surface area (Å²) in [6.07, 6.45) is 2.27. The van der Waals surface area contributed by atoms with E-state index >= 15 is 0 Å². The lowest BCUT2D eigenvalue weighted by atomic mass is 10.1. The monoisotopic (exact) mass is 411 g/mol. The van der Waals surface area contributed by atoms with Crippen molar-refractivity contribution < 1.29 is 14.7 Å². The lowest BCUT2D eigenvalue weighted by Crippen LogP contribution is -2.29. The first kappa shape index (κ1) is 18.4. The van der Waals surface area contributed by atoms with Crippen molar-refractivity contribution in [2.45, 2.75) is 19.8 Å². The molecule has 25 heavy (non-hydrogen) atoms. The number of hydrogen-bond acceptors (Lipinski definition) is 5. The van der Waals surface area contributed by atoms with E-state index in [1.165, 1.54) is 16.7 Å². The second-order valence-corrected chi connectivity index (χ2v) is 8.76. The maximum atomic E-state index is 12.6. The number of thiocarbonyl (C=S) groups is 1. The summed E-state index contributed by atoms with van der Waals surface area (Å²) in [4.78, 5) is 26.2. The molecule has 1 saturated heterocycles. The minimum Gasteiger partial charge on any atom is -0.481 e. The first-order valence-corrected chi connectivity index (χ1v) is 9.94. The minimum atomic E-state index is -0.874. The highest BCUT2D eigenvalue weighted by Crippen LogP contribution is 2.38. The Labute approximate surface area is 163 Å². The predicted octanol–water partition coefficient (Wildman–Crippen LogP) is 4.93. The van der Waals surface area contributed by atoms with Crippen molar-refractivity contribution in [3.8, 4) is 0 Å². The van der Waals surface area contributed by atoms with Gasteiger partial charge >= 0.3 is 5.97 Å². The fourth-order valence-electron chi connectivity index (χ4n) is 2.55. The maximum Gasteiger partial charge on any atom is 0.303 e. The molecule has 1 aromatic carbocycles. The molecule has 0 radical (unpaired) electrons. The van der Waals surface area contributed by atoms with Crippen LogP contribution in [0.3, 0.4) is 0 Å². The Kier molecular flexibility index (Phi) is 5.48. The number of carboxylic acids is 1. The van der Waals surface area contributed by atoms with Crippen LogP contribution in [0.5, 0.6) is 0 Å². The third-order valence-electron chi connectivity index (χ3n) is 3.84. The number of rotatable bonds is 5. The number of fused-ring (bicyclic) bond motifs is 1. The Morgan fingerprint density at radius 2 is 2.20 bits per heavy atom. The highest BCUT2D eigenvalue weighted by atomic mass is 35.5. The van der Waals surface area contributed by atoms with Crippen LogP contribution in [0.2, 0.25) is 5.02 Å². The van der Waals surface area contributed by atoms with E-state index < -0.39 is 5.97 Å². The Hall–Kier alpha value is -1.41. The van der Waals surface area contributed by atoms with E-state index in [0.29, 0.717) is 27.2 Å². The van der Waals surface area contributed by atoms with Crippen LogP contribution in [0, 0.1) is 6.92 Å². The van der Waals surface area contributed by atoms with Crippen LogP contribution in [0.25, 0.3) is 16.2 Å². The van der Waals surface area contributed by atoms with Crippen molar-refractivity contribution in [2.75, 3.05) is 6.54 Å². The molecule has 1 aliphatic rings. The summed E-state index contributed by atoms with van der Waals surface area (Å²) in [5.74, 6) is -1.03. The Balaban J connectivity index is 1.84. The molecule has 0 atom stereocenters. The van der Waals surface area contributed by atoms with Crippen LogP contribution in [0.4, 0.5) is 0 Å². The van der Waals surface area contributed by atoms with E-state index in [1.54, 1.807) is 11.3 Å². The van der Waals surface area contributed by atoms with Gasteiger partial charge in [0.15, 0.2) is 0 Å². The van der Waals surface area contributed by atoms with Gasteiger partial charge in [0.25, 0.3) is 5.91 Å². The third-order valence-corrected chi connectivity index (χ3v) is 6.68. The van der Waals surface area contributed by atoms with E-state index in [9.17, 15) is 9.59 Å². The molecule has 130 valence electrons. The van der Waals surface area contributed by atoms with Crippen LogP contribution < -0.4 is 0 Å². The molecule has 0 spiro atoms. The number of benzene rings is 1. The second-order valence-electron chi connectivity index (χ2n) is 5.56. The molecule has 0 unspecified atom stereocenters. The normalized spacial score (nSPS) is 16.4. The van der Waals surface area contributed by atoms with Crippen LogP contribution >= 0.6 is 46.9 Å². The zero-order chi connectivity index (χ0) is 18.1. The fraction of sp³-hybridized carbons (Fsp3) is 0.235. The predicted molar refractivity (Wildman–Crippen MR) is 108 cm³/mol. The summed E-state index contributed by atoms with van der Waals surface area (Å²) in [6, 6.07) is 5.76. The van der Waals surface area contributed by atoms with Gasteiger partial charge < -0.3 is 5.11 Å². The van der Waals surface area contributed by atoms with Crippen molar-refractivity contribution in [3.63, 3.8) is 0 Å². The number of amides is 1. The molecule has 0 aliphatic carbocycles. The molecule has 1 amide bonds. The van der Waals surface area contributed by atoms with Gasteiger partial charge in [0.2, 0.25) is 0 Å². The molecular weight excluding hydrogens is 398 g/mol. The lowest BCUT2D eigenvalue weighted by molar-refractivity contribution is -0.137. The molecule has 2 aromatic rings. The van der Waals surface area contributed by atoms with Crippen molar-refractivity contribution in [2.24, 2.45) is 0 Å². The summed E-state index contributed by atoms with van der Waals surface area (Å²) >= 11 is 14.2. The minimum absolute atomic E-state index is 0.0201. The highest BCUT2D eigenvalue weighted by Gasteiger charge is 2.32. The molecule has 1 N–H and O–H groups in total. The molecule has 1 aliphatic heterocycles. The summed E-state index contributed by atoms with van der Waals surface area (Å²) in [6.45, 7) is 2.34. The molecular formula is C17H14ClNO3S3. The van der Waals surface area contributed by atoms with Gasteiger partial charge in [-0.3, -0.25) is 14.5 Å². The summed E-state index contributed by atoms with van der Waals surface area (Å²) in [7, 11) is 0. The Morgan fingerprint density at radius 3 is 2.92 bits per heavy atom. The van der Waals surface area contributed by atoms with Crippen LogP contribution in [0.1, 0.15) is 23.3 Å². The number of halogens is 1. The lowest BCUT2D eigenvalue weighted by Gasteiger charge is -2.13. The summed E-state index contributed by atoms with van der Waals surface area (Å²) < 4.78 is 1.59. The number of aryl methyl sites for hydroxylation is 1. The fourth-order valence-corrected chi connectivity index (χ4v) is 5.22. The van der Waals surface area contributed by atoms with Crippen LogP contribution in [-0.4, -0.2) is 32.7 Å². The number of carboxylic acid groups (broad SMARTS) is 1. The van der Waals surface area contributed by atoms with Crippen LogP contribution in [-0.2, 0) is 9.59 Å². The van der Waals surface area contributed by atoms with Gasteiger partial charge in [0.1, 0.15) is 4.32 Å². The smallest absolute Gasteiger partial charge is 0.303 e. The molecule has 3 rings (SSSR count). The van der Waals surface area contributed by atoms with E-state index in [1.807, 2.05) is 31.2 Å². The largest absolute Gasteiger partial charge is 0.481 e. The summed E-state index contributed by atoms with van der Waals surface area (Å²) in [5.41, 5.74) is 1.08. The quantitative estimate of drug-likeness (QED) is 0.558. The zero-order valence-corrected chi connectivity index (χ0v) is 16.4. The Morgan fingerprint density at radius 1 is 1.44 bits per heavy atom. The molecule has 1 fully saturated rings.